The average molecular weight is 289 g/mol. The molecule has 0 bridgehead atoms. The first-order valence-electron chi connectivity index (χ1n) is 6.59. The van der Waals surface area contributed by atoms with Crippen molar-refractivity contribution in [2.24, 2.45) is 0 Å². The zero-order valence-electron chi connectivity index (χ0n) is 11.9. The van der Waals surface area contributed by atoms with Crippen LogP contribution >= 0.6 is 11.6 Å². The number of hydrogen-bond acceptors (Lipinski definition) is 2. The van der Waals surface area contributed by atoms with Crippen LogP contribution in [-0.2, 0) is 0 Å². The second-order valence-electron chi connectivity index (χ2n) is 4.77. The van der Waals surface area contributed by atoms with Crippen LogP contribution in [0.1, 0.15) is 34.8 Å². The zero-order valence-corrected chi connectivity index (χ0v) is 12.6. The number of ether oxygens (including phenoxy) is 1. The third-order valence-corrected chi connectivity index (χ3v) is 3.36. The van der Waals surface area contributed by atoms with Crippen molar-refractivity contribution >= 4 is 17.4 Å². The van der Waals surface area contributed by atoms with Gasteiger partial charge in [0.25, 0.3) is 0 Å². The van der Waals surface area contributed by atoms with E-state index in [-0.39, 0.29) is 5.78 Å². The first-order valence-corrected chi connectivity index (χ1v) is 6.97. The Bertz CT molecular complexity index is 607. The molecule has 0 radical (unpaired) electrons. The van der Waals surface area contributed by atoms with E-state index in [1.807, 2.05) is 45.0 Å². The summed E-state index contributed by atoms with van der Waals surface area (Å²) in [7, 11) is 0. The van der Waals surface area contributed by atoms with E-state index in [1.54, 1.807) is 12.1 Å². The SMILES string of the molecule is CCC(=O)c1ccc(Oc2c(C)cc(Cl)cc2C)cc1. The van der Waals surface area contributed by atoms with E-state index in [4.69, 9.17) is 16.3 Å². The van der Waals surface area contributed by atoms with Crippen molar-refractivity contribution in [3.8, 4) is 11.5 Å². The maximum Gasteiger partial charge on any atom is 0.162 e. The summed E-state index contributed by atoms with van der Waals surface area (Å²) in [6.07, 6.45) is 0.510. The molecule has 0 amide bonds. The van der Waals surface area contributed by atoms with Gasteiger partial charge in [-0.3, -0.25) is 4.79 Å². The Balaban J connectivity index is 2.25. The Hall–Kier alpha value is -1.80. The van der Waals surface area contributed by atoms with Crippen LogP contribution in [-0.4, -0.2) is 5.78 Å². The Morgan fingerprint density at radius 2 is 1.65 bits per heavy atom. The fourth-order valence-electron chi connectivity index (χ4n) is 2.09. The van der Waals surface area contributed by atoms with Crippen LogP contribution in [0, 0.1) is 13.8 Å². The lowest BCUT2D eigenvalue weighted by molar-refractivity contribution is 0.0988. The van der Waals surface area contributed by atoms with Crippen molar-refractivity contribution < 1.29 is 9.53 Å². The normalized spacial score (nSPS) is 10.4. The van der Waals surface area contributed by atoms with E-state index in [1.165, 1.54) is 0 Å². The summed E-state index contributed by atoms with van der Waals surface area (Å²) in [4.78, 5) is 11.6. The Morgan fingerprint density at radius 1 is 1.10 bits per heavy atom. The average Bonchev–Trinajstić information content (AvgIpc) is 2.42. The highest BCUT2D eigenvalue weighted by Crippen LogP contribution is 2.31. The molecule has 0 unspecified atom stereocenters. The molecular weight excluding hydrogens is 272 g/mol. The molecule has 0 saturated carbocycles. The van der Waals surface area contributed by atoms with Crippen LogP contribution in [0.4, 0.5) is 0 Å². The van der Waals surface area contributed by atoms with Gasteiger partial charge in [0.2, 0.25) is 0 Å². The van der Waals surface area contributed by atoms with Crippen molar-refractivity contribution in [2.45, 2.75) is 27.2 Å². The van der Waals surface area contributed by atoms with E-state index in [2.05, 4.69) is 0 Å². The first kappa shape index (κ1) is 14.6. The summed E-state index contributed by atoms with van der Waals surface area (Å²) < 4.78 is 5.89. The Morgan fingerprint density at radius 3 is 2.15 bits per heavy atom. The topological polar surface area (TPSA) is 26.3 Å². The van der Waals surface area contributed by atoms with Gasteiger partial charge >= 0.3 is 0 Å². The third kappa shape index (κ3) is 3.20. The van der Waals surface area contributed by atoms with Gasteiger partial charge in [-0.2, -0.15) is 0 Å². The minimum atomic E-state index is 0.135. The molecule has 20 heavy (non-hydrogen) atoms. The fourth-order valence-corrected chi connectivity index (χ4v) is 2.42. The van der Waals surface area contributed by atoms with Gasteiger partial charge < -0.3 is 4.74 Å². The molecule has 2 aromatic rings. The van der Waals surface area contributed by atoms with Crippen LogP contribution < -0.4 is 4.74 Å². The number of hydrogen-bond donors (Lipinski definition) is 0. The molecule has 0 aliphatic carbocycles. The summed E-state index contributed by atoms with van der Waals surface area (Å²) in [6.45, 7) is 5.78. The monoisotopic (exact) mass is 288 g/mol. The van der Waals surface area contributed by atoms with Crippen LogP contribution in [0.5, 0.6) is 11.5 Å². The lowest BCUT2D eigenvalue weighted by Crippen LogP contribution is -1.96. The molecular formula is C17H17ClO2. The summed E-state index contributed by atoms with van der Waals surface area (Å²) in [5.74, 6) is 1.66. The molecule has 0 saturated heterocycles. The van der Waals surface area contributed by atoms with E-state index >= 15 is 0 Å². The molecule has 0 spiro atoms. The van der Waals surface area contributed by atoms with E-state index in [0.717, 1.165) is 16.9 Å². The van der Waals surface area contributed by atoms with Crippen molar-refractivity contribution in [1.82, 2.24) is 0 Å². The molecule has 2 rings (SSSR count). The van der Waals surface area contributed by atoms with Gasteiger partial charge in [-0.25, -0.2) is 0 Å². The zero-order chi connectivity index (χ0) is 14.7. The van der Waals surface area contributed by atoms with Gasteiger partial charge in [-0.15, -0.1) is 0 Å². The van der Waals surface area contributed by atoms with Crippen molar-refractivity contribution in [1.29, 1.82) is 0 Å². The highest BCUT2D eigenvalue weighted by molar-refractivity contribution is 6.30. The van der Waals surface area contributed by atoms with Crippen molar-refractivity contribution in [3.63, 3.8) is 0 Å². The Labute approximate surface area is 124 Å². The second-order valence-corrected chi connectivity index (χ2v) is 5.21. The van der Waals surface area contributed by atoms with Crippen LogP contribution in [0.2, 0.25) is 5.02 Å². The largest absolute Gasteiger partial charge is 0.457 e. The van der Waals surface area contributed by atoms with E-state index in [0.29, 0.717) is 22.8 Å². The third-order valence-electron chi connectivity index (χ3n) is 3.14. The molecule has 0 fully saturated rings. The maximum absolute atomic E-state index is 11.6. The second kappa shape index (κ2) is 6.10. The molecule has 2 aromatic carbocycles. The summed E-state index contributed by atoms with van der Waals surface area (Å²) in [5.41, 5.74) is 2.69. The van der Waals surface area contributed by atoms with Gasteiger partial charge in [-0.05, 0) is 61.4 Å². The van der Waals surface area contributed by atoms with Crippen molar-refractivity contribution in [3.05, 3.63) is 58.1 Å². The summed E-state index contributed by atoms with van der Waals surface area (Å²) >= 11 is 6.00. The first-order chi connectivity index (χ1) is 9.51. The molecule has 3 heteroatoms. The van der Waals surface area contributed by atoms with Gasteiger partial charge in [0.05, 0.1) is 0 Å². The summed E-state index contributed by atoms with van der Waals surface area (Å²) in [6, 6.07) is 11.0. The number of rotatable bonds is 4. The van der Waals surface area contributed by atoms with Crippen LogP contribution in [0.15, 0.2) is 36.4 Å². The van der Waals surface area contributed by atoms with Crippen molar-refractivity contribution in [2.75, 3.05) is 0 Å². The molecule has 0 aliphatic rings. The van der Waals surface area contributed by atoms with E-state index in [9.17, 15) is 4.79 Å². The molecule has 0 aromatic heterocycles. The minimum Gasteiger partial charge on any atom is -0.457 e. The lowest BCUT2D eigenvalue weighted by atomic mass is 10.1. The Kier molecular flexibility index (Phi) is 4.46. The standard InChI is InChI=1S/C17H17ClO2/c1-4-16(19)13-5-7-15(8-6-13)20-17-11(2)9-14(18)10-12(17)3/h5-10H,4H2,1-3H3. The van der Waals surface area contributed by atoms with Gasteiger partial charge in [-0.1, -0.05) is 18.5 Å². The van der Waals surface area contributed by atoms with Gasteiger partial charge in [0.1, 0.15) is 11.5 Å². The molecule has 0 heterocycles. The van der Waals surface area contributed by atoms with E-state index < -0.39 is 0 Å². The van der Waals surface area contributed by atoms with Gasteiger partial charge in [0, 0.05) is 17.0 Å². The van der Waals surface area contributed by atoms with Crippen LogP contribution in [0.25, 0.3) is 0 Å². The number of benzene rings is 2. The predicted octanol–water partition coefficient (Wildman–Crippen LogP) is 5.34. The number of aryl methyl sites for hydroxylation is 2. The van der Waals surface area contributed by atoms with Crippen LogP contribution in [0.3, 0.4) is 0 Å². The fraction of sp³-hybridized carbons (Fsp3) is 0.235. The highest BCUT2D eigenvalue weighted by atomic mass is 35.5. The summed E-state index contributed by atoms with van der Waals surface area (Å²) in [5, 5.41) is 0.705. The van der Waals surface area contributed by atoms with Gasteiger partial charge in [0.15, 0.2) is 5.78 Å². The smallest absolute Gasteiger partial charge is 0.162 e. The molecule has 0 N–H and O–H groups in total. The number of carbonyl (C=O) groups is 1. The number of carbonyl (C=O) groups excluding carboxylic acids is 1. The molecule has 0 atom stereocenters. The number of halogens is 1. The molecule has 0 aliphatic heterocycles. The highest BCUT2D eigenvalue weighted by Gasteiger charge is 2.08. The number of ketones is 1. The molecule has 104 valence electrons. The number of Topliss-reactive ketones (excluding diaryl/α,β-unsaturated/α-hetero) is 1. The minimum absolute atomic E-state index is 0.135. The lowest BCUT2D eigenvalue weighted by Gasteiger charge is -2.12. The predicted molar refractivity (Wildman–Crippen MR) is 82.1 cm³/mol. The quantitative estimate of drug-likeness (QED) is 0.710. The maximum atomic E-state index is 11.6. The molecule has 2 nitrogen and oxygen atoms in total.